The molecule has 4 rings (SSSR count). The Hall–Kier alpha value is -1.96. The van der Waals surface area contributed by atoms with Crippen molar-refractivity contribution in [3.63, 3.8) is 0 Å². The van der Waals surface area contributed by atoms with Crippen molar-refractivity contribution in [3.05, 3.63) is 71.7 Å². The number of aryl methyl sites for hydroxylation is 2. The van der Waals surface area contributed by atoms with E-state index in [9.17, 15) is 0 Å². The van der Waals surface area contributed by atoms with Gasteiger partial charge in [0, 0.05) is 0 Å². The second-order valence-electron chi connectivity index (χ2n) is 6.96. The van der Waals surface area contributed by atoms with Crippen LogP contribution >= 0.6 is 0 Å². The van der Waals surface area contributed by atoms with Crippen LogP contribution < -0.4 is 13.5 Å². The van der Waals surface area contributed by atoms with Crippen molar-refractivity contribution in [1.82, 2.24) is 4.98 Å². The Morgan fingerprint density at radius 2 is 1.83 bits per heavy atom. The summed E-state index contributed by atoms with van der Waals surface area (Å²) in [5, 5.41) is 0. The molecule has 3 aromatic rings. The van der Waals surface area contributed by atoms with Crippen molar-refractivity contribution < 1.29 is 4.57 Å². The van der Waals surface area contributed by atoms with Crippen molar-refractivity contribution in [2.45, 2.75) is 26.2 Å². The molecular formula is C21H21N2Se+. The van der Waals surface area contributed by atoms with Gasteiger partial charge >= 0.3 is 150 Å². The summed E-state index contributed by atoms with van der Waals surface area (Å²) in [6, 6.07) is 13.7. The van der Waals surface area contributed by atoms with Crippen molar-refractivity contribution in [3.8, 4) is 11.3 Å². The molecule has 0 atom stereocenters. The first-order valence-electron chi connectivity index (χ1n) is 8.21. The Morgan fingerprint density at radius 3 is 2.62 bits per heavy atom. The Labute approximate surface area is 149 Å². The van der Waals surface area contributed by atoms with Gasteiger partial charge in [0.2, 0.25) is 0 Å². The number of benzene rings is 2. The minimum atomic E-state index is 0.0618. The van der Waals surface area contributed by atoms with Gasteiger partial charge in [0.25, 0.3) is 0 Å². The summed E-state index contributed by atoms with van der Waals surface area (Å²) in [4.78, 5) is 4.32. The van der Waals surface area contributed by atoms with Gasteiger partial charge in [-0.2, -0.15) is 0 Å². The molecule has 0 radical (unpaired) electrons. The van der Waals surface area contributed by atoms with Crippen molar-refractivity contribution >= 4 is 23.9 Å². The molecule has 1 aliphatic rings. The van der Waals surface area contributed by atoms with Crippen molar-refractivity contribution in [2.24, 2.45) is 7.05 Å². The summed E-state index contributed by atoms with van der Waals surface area (Å²) in [5.41, 5.74) is 6.81. The fourth-order valence-corrected chi connectivity index (χ4v) is 6.53. The number of hydrogen-bond acceptors (Lipinski definition) is 1. The number of aromatic nitrogens is 2. The molecule has 24 heavy (non-hydrogen) atoms. The van der Waals surface area contributed by atoms with Crippen molar-refractivity contribution in [2.75, 3.05) is 0 Å². The summed E-state index contributed by atoms with van der Waals surface area (Å²) in [6.45, 7) is 6.92. The van der Waals surface area contributed by atoms with E-state index in [0.717, 1.165) is 0 Å². The van der Waals surface area contributed by atoms with Crippen molar-refractivity contribution in [1.29, 1.82) is 0 Å². The Balaban J connectivity index is 1.93. The van der Waals surface area contributed by atoms with Gasteiger partial charge in [-0.15, -0.1) is 0 Å². The number of rotatable bonds is 1. The van der Waals surface area contributed by atoms with Crippen LogP contribution in [0.25, 0.3) is 11.3 Å². The molecule has 0 unspecified atom stereocenters. The van der Waals surface area contributed by atoms with Crippen LogP contribution in [-0.2, 0) is 12.5 Å². The number of hydrogen-bond donors (Lipinski definition) is 0. The molecule has 0 amide bonds. The van der Waals surface area contributed by atoms with Gasteiger partial charge in [-0.05, 0) is 0 Å². The molecule has 0 N–H and O–H groups in total. The van der Waals surface area contributed by atoms with Crippen LogP contribution in [0, 0.1) is 6.92 Å². The van der Waals surface area contributed by atoms with Crippen LogP contribution in [0.2, 0.25) is 0 Å². The molecule has 3 heteroatoms. The van der Waals surface area contributed by atoms with Crippen LogP contribution in [-0.4, -0.2) is 19.9 Å². The predicted molar refractivity (Wildman–Crippen MR) is 99.2 cm³/mol. The van der Waals surface area contributed by atoms with Crippen LogP contribution in [0.5, 0.6) is 0 Å². The van der Waals surface area contributed by atoms with Gasteiger partial charge < -0.3 is 0 Å². The second-order valence-corrected chi connectivity index (χ2v) is 9.23. The predicted octanol–water partition coefficient (Wildman–Crippen LogP) is 2.18. The first-order chi connectivity index (χ1) is 11.5. The van der Waals surface area contributed by atoms with Gasteiger partial charge in [-0.3, -0.25) is 0 Å². The molecule has 0 spiro atoms. The first kappa shape index (κ1) is 15.6. The second kappa shape index (κ2) is 5.54. The summed E-state index contributed by atoms with van der Waals surface area (Å²) in [5.74, 6) is 0. The molecule has 0 saturated heterocycles. The van der Waals surface area contributed by atoms with Gasteiger partial charge in [-0.1, -0.05) is 0 Å². The quantitative estimate of drug-likeness (QED) is 0.467. The third kappa shape index (κ3) is 2.31. The first-order valence-corrected chi connectivity index (χ1v) is 9.92. The molecule has 1 aliphatic heterocycles. The maximum atomic E-state index is 4.32. The minimum absolute atomic E-state index is 0.0618. The normalized spacial score (nSPS) is 14.8. The summed E-state index contributed by atoms with van der Waals surface area (Å²) in [7, 11) is 2.08. The molecule has 2 aromatic carbocycles. The molecule has 0 bridgehead atoms. The zero-order valence-corrected chi connectivity index (χ0v) is 16.2. The van der Waals surface area contributed by atoms with Crippen LogP contribution in [0.3, 0.4) is 0 Å². The van der Waals surface area contributed by atoms with E-state index in [1.165, 1.54) is 36.9 Å². The van der Waals surface area contributed by atoms with E-state index >= 15 is 0 Å². The van der Waals surface area contributed by atoms with E-state index in [1.54, 1.807) is 0 Å². The van der Waals surface area contributed by atoms with Crippen LogP contribution in [0.15, 0.2) is 55.0 Å². The monoisotopic (exact) mass is 381 g/mol. The molecule has 2 heterocycles. The van der Waals surface area contributed by atoms with Crippen LogP contribution in [0.1, 0.15) is 30.5 Å². The summed E-state index contributed by atoms with van der Waals surface area (Å²) in [6.07, 6.45) is 5.81. The van der Waals surface area contributed by atoms with Gasteiger partial charge in [0.15, 0.2) is 0 Å². The average Bonchev–Trinajstić information content (AvgIpc) is 2.56. The Morgan fingerprint density at radius 1 is 1.04 bits per heavy atom. The average molecular weight is 380 g/mol. The fourth-order valence-electron chi connectivity index (χ4n) is 3.56. The molecular weight excluding hydrogens is 359 g/mol. The topological polar surface area (TPSA) is 16.8 Å². The van der Waals surface area contributed by atoms with Gasteiger partial charge in [0.1, 0.15) is 0 Å². The fraction of sp³-hybridized carbons (Fsp3) is 0.238. The number of nitrogens with zero attached hydrogens (tertiary/aromatic N) is 2. The van der Waals surface area contributed by atoms with Gasteiger partial charge in [-0.25, -0.2) is 0 Å². The van der Waals surface area contributed by atoms with E-state index in [0.29, 0.717) is 15.0 Å². The van der Waals surface area contributed by atoms with E-state index in [-0.39, 0.29) is 5.41 Å². The molecule has 1 aromatic heterocycles. The molecule has 0 saturated carbocycles. The third-order valence-corrected chi connectivity index (χ3v) is 7.39. The van der Waals surface area contributed by atoms with Gasteiger partial charge in [0.05, 0.1) is 0 Å². The zero-order chi connectivity index (χ0) is 16.9. The van der Waals surface area contributed by atoms with E-state index in [1.807, 2.05) is 18.6 Å². The SMILES string of the molecule is Cc1cc2c(cc1-c1cncc[n+]1C)[Se]c1ccccc1C2(C)C. The Kier molecular flexibility index (Phi) is 3.59. The van der Waals surface area contributed by atoms with Crippen LogP contribution in [0.4, 0.5) is 0 Å². The van der Waals surface area contributed by atoms with E-state index in [2.05, 4.69) is 73.8 Å². The standard InChI is InChI=1S/C21H21N2Se/c1-14-11-17-20(12-15(14)18-13-22-9-10-23(18)4)24-19-8-6-5-7-16(19)21(17,2)3/h5-13H,1-4H3/q+1. The molecule has 120 valence electrons. The Bertz CT molecular complexity index is 944. The molecule has 2 nitrogen and oxygen atoms in total. The number of fused-ring (bicyclic) bond motifs is 2. The molecule has 0 aliphatic carbocycles. The third-order valence-electron chi connectivity index (χ3n) is 5.01. The summed E-state index contributed by atoms with van der Waals surface area (Å²) < 4.78 is 5.15. The zero-order valence-electron chi connectivity index (χ0n) is 14.5. The molecule has 0 fully saturated rings. The summed E-state index contributed by atoms with van der Waals surface area (Å²) >= 11 is 0.352. The van der Waals surface area contributed by atoms with E-state index < -0.39 is 0 Å². The maximum absolute atomic E-state index is 4.32. The van der Waals surface area contributed by atoms with E-state index in [4.69, 9.17) is 0 Å².